The summed E-state index contributed by atoms with van der Waals surface area (Å²) in [4.78, 5) is 0. The first-order chi connectivity index (χ1) is 14.1. The molecule has 4 rings (SSSR count). The molecule has 2 N–H and O–H groups in total. The lowest BCUT2D eigenvalue weighted by Crippen LogP contribution is -2.30. The van der Waals surface area contributed by atoms with Crippen molar-refractivity contribution in [3.63, 3.8) is 0 Å². The van der Waals surface area contributed by atoms with Crippen molar-refractivity contribution in [1.29, 1.82) is 0 Å². The van der Waals surface area contributed by atoms with E-state index in [9.17, 15) is 10.2 Å². The predicted octanol–water partition coefficient (Wildman–Crippen LogP) is 5.59. The molecule has 3 aromatic rings. The summed E-state index contributed by atoms with van der Waals surface area (Å²) in [5.74, 6) is 2.58. The molecule has 1 heterocycles. The molecule has 4 heteroatoms. The summed E-state index contributed by atoms with van der Waals surface area (Å²) in [6.45, 7) is 2.18. The van der Waals surface area contributed by atoms with E-state index in [1.807, 2.05) is 36.4 Å². The van der Waals surface area contributed by atoms with Gasteiger partial charge < -0.3 is 19.7 Å². The zero-order valence-corrected chi connectivity index (χ0v) is 16.7. The van der Waals surface area contributed by atoms with E-state index in [0.29, 0.717) is 0 Å². The topological polar surface area (TPSA) is 58.9 Å². The van der Waals surface area contributed by atoms with Crippen molar-refractivity contribution in [3.8, 4) is 23.0 Å². The highest BCUT2D eigenvalue weighted by Gasteiger charge is 2.38. The van der Waals surface area contributed by atoms with Crippen molar-refractivity contribution in [2.24, 2.45) is 5.92 Å². The largest absolute Gasteiger partial charge is 0.508 e. The SMILES string of the molecule is CC[C@@H]1C(Cc2ccc(OC)cc2)c2cc(O)ccc2OC1c1ccc(O)cc1. The number of phenols is 2. The smallest absolute Gasteiger partial charge is 0.127 e. The maximum absolute atomic E-state index is 10.1. The lowest BCUT2D eigenvalue weighted by atomic mass is 9.73. The summed E-state index contributed by atoms with van der Waals surface area (Å²) in [6, 6.07) is 20.8. The molecule has 1 aliphatic heterocycles. The molecule has 0 amide bonds. The maximum atomic E-state index is 10.1. The van der Waals surface area contributed by atoms with Crippen LogP contribution in [0, 0.1) is 5.92 Å². The Bertz CT molecular complexity index is 963. The quantitative estimate of drug-likeness (QED) is 0.596. The van der Waals surface area contributed by atoms with E-state index in [1.54, 1.807) is 25.3 Å². The molecule has 150 valence electrons. The van der Waals surface area contributed by atoms with E-state index in [2.05, 4.69) is 19.1 Å². The standard InChI is InChI=1S/C25H26O4/c1-3-21-22(14-16-4-11-20(28-2)12-5-16)23-15-19(27)10-13-24(23)29-25(21)17-6-8-18(26)9-7-17/h4-13,15,21-22,25-27H,3,14H2,1-2H3/t21-,22?,25?/m1/s1. The van der Waals surface area contributed by atoms with Crippen LogP contribution in [0.5, 0.6) is 23.0 Å². The van der Waals surface area contributed by atoms with Gasteiger partial charge in [-0.2, -0.15) is 0 Å². The molecule has 3 aromatic carbocycles. The Balaban J connectivity index is 1.74. The molecular weight excluding hydrogens is 364 g/mol. The Morgan fingerprint density at radius 3 is 2.24 bits per heavy atom. The minimum absolute atomic E-state index is 0.110. The first-order valence-electron chi connectivity index (χ1n) is 10.0. The van der Waals surface area contributed by atoms with Gasteiger partial charge in [-0.3, -0.25) is 0 Å². The molecule has 0 aromatic heterocycles. The molecule has 0 aliphatic carbocycles. The number of phenolic OH excluding ortho intramolecular Hbond substituents is 2. The number of aromatic hydroxyl groups is 2. The number of fused-ring (bicyclic) bond motifs is 1. The van der Waals surface area contributed by atoms with E-state index in [4.69, 9.17) is 9.47 Å². The van der Waals surface area contributed by atoms with Crippen LogP contribution in [-0.2, 0) is 6.42 Å². The summed E-state index contributed by atoms with van der Waals surface area (Å²) in [5, 5.41) is 19.8. The lowest BCUT2D eigenvalue weighted by Gasteiger charge is -2.40. The Kier molecular flexibility index (Phi) is 5.34. The Morgan fingerprint density at radius 2 is 1.59 bits per heavy atom. The number of hydrogen-bond donors (Lipinski definition) is 2. The second kappa shape index (κ2) is 8.08. The number of methoxy groups -OCH3 is 1. The van der Waals surface area contributed by atoms with E-state index >= 15 is 0 Å². The van der Waals surface area contributed by atoms with Gasteiger partial charge in [-0.05, 0) is 72.4 Å². The van der Waals surface area contributed by atoms with Crippen LogP contribution < -0.4 is 9.47 Å². The third-order valence-corrected chi connectivity index (χ3v) is 5.86. The second-order valence-corrected chi connectivity index (χ2v) is 7.58. The van der Waals surface area contributed by atoms with E-state index in [-0.39, 0.29) is 29.4 Å². The van der Waals surface area contributed by atoms with Gasteiger partial charge in [0.05, 0.1) is 7.11 Å². The van der Waals surface area contributed by atoms with Crippen LogP contribution in [0.4, 0.5) is 0 Å². The van der Waals surface area contributed by atoms with E-state index < -0.39 is 0 Å². The van der Waals surface area contributed by atoms with Gasteiger partial charge in [-0.1, -0.05) is 31.2 Å². The number of rotatable bonds is 5. The van der Waals surface area contributed by atoms with Crippen molar-refractivity contribution >= 4 is 0 Å². The number of ether oxygens (including phenoxy) is 2. The van der Waals surface area contributed by atoms with Crippen LogP contribution in [0.1, 0.15) is 42.1 Å². The fourth-order valence-corrected chi connectivity index (χ4v) is 4.35. The van der Waals surface area contributed by atoms with Crippen LogP contribution in [0.25, 0.3) is 0 Å². The van der Waals surface area contributed by atoms with Gasteiger partial charge in [0.1, 0.15) is 29.1 Å². The third kappa shape index (κ3) is 3.88. The van der Waals surface area contributed by atoms with Crippen molar-refractivity contribution < 1.29 is 19.7 Å². The molecule has 3 atom stereocenters. The van der Waals surface area contributed by atoms with Crippen molar-refractivity contribution in [3.05, 3.63) is 83.4 Å². The van der Waals surface area contributed by atoms with Gasteiger partial charge in [0.25, 0.3) is 0 Å². The summed E-state index contributed by atoms with van der Waals surface area (Å²) in [7, 11) is 1.67. The Labute approximate surface area is 171 Å². The molecule has 0 spiro atoms. The average Bonchev–Trinajstić information content (AvgIpc) is 2.75. The minimum atomic E-state index is -0.110. The molecule has 1 aliphatic rings. The van der Waals surface area contributed by atoms with Gasteiger partial charge in [-0.25, -0.2) is 0 Å². The van der Waals surface area contributed by atoms with Crippen LogP contribution >= 0.6 is 0 Å². The summed E-state index contributed by atoms with van der Waals surface area (Å²) in [6.07, 6.45) is 1.67. The van der Waals surface area contributed by atoms with Gasteiger partial charge in [-0.15, -0.1) is 0 Å². The molecule has 0 fully saturated rings. The van der Waals surface area contributed by atoms with Gasteiger partial charge in [0.2, 0.25) is 0 Å². The Morgan fingerprint density at radius 1 is 0.897 bits per heavy atom. The van der Waals surface area contributed by atoms with Crippen LogP contribution in [0.3, 0.4) is 0 Å². The molecule has 0 bridgehead atoms. The zero-order valence-electron chi connectivity index (χ0n) is 16.7. The fourth-order valence-electron chi connectivity index (χ4n) is 4.35. The molecule has 4 nitrogen and oxygen atoms in total. The van der Waals surface area contributed by atoms with Crippen molar-refractivity contribution in [2.75, 3.05) is 7.11 Å². The first-order valence-corrected chi connectivity index (χ1v) is 10.0. The Hall–Kier alpha value is -3.14. The highest BCUT2D eigenvalue weighted by Crippen LogP contribution is 2.49. The van der Waals surface area contributed by atoms with Crippen molar-refractivity contribution in [2.45, 2.75) is 31.8 Å². The van der Waals surface area contributed by atoms with Gasteiger partial charge in [0.15, 0.2) is 0 Å². The monoisotopic (exact) mass is 390 g/mol. The van der Waals surface area contributed by atoms with Crippen molar-refractivity contribution in [1.82, 2.24) is 0 Å². The third-order valence-electron chi connectivity index (χ3n) is 5.86. The maximum Gasteiger partial charge on any atom is 0.127 e. The minimum Gasteiger partial charge on any atom is -0.508 e. The molecule has 29 heavy (non-hydrogen) atoms. The summed E-state index contributed by atoms with van der Waals surface area (Å²) in [5.41, 5.74) is 3.31. The highest BCUT2D eigenvalue weighted by atomic mass is 16.5. The average molecular weight is 390 g/mol. The molecular formula is C25H26O4. The molecule has 0 radical (unpaired) electrons. The van der Waals surface area contributed by atoms with Crippen LogP contribution in [0.2, 0.25) is 0 Å². The highest BCUT2D eigenvalue weighted by molar-refractivity contribution is 5.46. The lowest BCUT2D eigenvalue weighted by molar-refractivity contribution is 0.0880. The zero-order chi connectivity index (χ0) is 20.4. The molecule has 0 saturated heterocycles. The molecule has 0 saturated carbocycles. The van der Waals surface area contributed by atoms with Gasteiger partial charge in [0, 0.05) is 11.5 Å². The summed E-state index contributed by atoms with van der Waals surface area (Å²) < 4.78 is 11.7. The molecule has 2 unspecified atom stereocenters. The predicted molar refractivity (Wildman–Crippen MR) is 113 cm³/mol. The van der Waals surface area contributed by atoms with Crippen LogP contribution in [0.15, 0.2) is 66.7 Å². The van der Waals surface area contributed by atoms with Gasteiger partial charge >= 0.3 is 0 Å². The number of hydrogen-bond acceptors (Lipinski definition) is 4. The second-order valence-electron chi connectivity index (χ2n) is 7.58. The van der Waals surface area contributed by atoms with Crippen LogP contribution in [-0.4, -0.2) is 17.3 Å². The van der Waals surface area contributed by atoms with E-state index in [0.717, 1.165) is 35.5 Å². The normalized spacial score (nSPS) is 20.6. The first kappa shape index (κ1) is 19.2. The fraction of sp³-hybridized carbons (Fsp3) is 0.280. The van der Waals surface area contributed by atoms with E-state index in [1.165, 1.54) is 5.56 Å². The summed E-state index contributed by atoms with van der Waals surface area (Å²) >= 11 is 0. The number of benzene rings is 3.